The van der Waals surface area contributed by atoms with Crippen LogP contribution in [0.3, 0.4) is 0 Å². The lowest BCUT2D eigenvalue weighted by molar-refractivity contribution is -0.139. The molecule has 0 N–H and O–H groups in total. The number of carbonyl (C=O) groups is 2. The van der Waals surface area contributed by atoms with Gasteiger partial charge in [0.2, 0.25) is 5.78 Å². The van der Waals surface area contributed by atoms with Crippen LogP contribution in [0.4, 0.5) is 13.2 Å². The fourth-order valence-electron chi connectivity index (χ4n) is 1.97. The molecule has 3 rings (SSSR count). The van der Waals surface area contributed by atoms with Crippen LogP contribution in [0.15, 0.2) is 52.6 Å². The maximum Gasteiger partial charge on any atom is 0.343 e. The number of halogens is 3. The monoisotopic (exact) mass is 290 g/mol. The molecular weight excluding hydrogens is 285 g/mol. The van der Waals surface area contributed by atoms with Gasteiger partial charge in [-0.2, -0.15) is 8.78 Å². The van der Waals surface area contributed by atoms with E-state index < -0.39 is 23.1 Å². The van der Waals surface area contributed by atoms with E-state index in [0.29, 0.717) is 6.29 Å². The molecule has 0 amide bonds. The highest BCUT2D eigenvalue weighted by molar-refractivity contribution is 6.16. The van der Waals surface area contributed by atoms with Gasteiger partial charge in [0.15, 0.2) is 5.76 Å². The fourth-order valence-corrected chi connectivity index (χ4v) is 1.97. The van der Waals surface area contributed by atoms with Gasteiger partial charge in [0.25, 0.3) is 0 Å². The first-order valence-corrected chi connectivity index (χ1v) is 5.76. The molecule has 21 heavy (non-hydrogen) atoms. The average Bonchev–Trinajstić information content (AvgIpc) is 2.45. The van der Waals surface area contributed by atoms with E-state index in [2.05, 4.69) is 11.5 Å². The van der Waals surface area contributed by atoms with E-state index in [1.807, 2.05) is 0 Å². The smallest absolute Gasteiger partial charge is 0.343 e. The van der Waals surface area contributed by atoms with Gasteiger partial charge in [-0.1, -0.05) is 5.73 Å². The number of alkyl halides is 2. The zero-order valence-corrected chi connectivity index (χ0v) is 10.2. The predicted octanol–water partition coefficient (Wildman–Crippen LogP) is 2.74. The summed E-state index contributed by atoms with van der Waals surface area (Å²) in [6.45, 7) is 0. The van der Waals surface area contributed by atoms with Crippen LogP contribution in [0.2, 0.25) is 0 Å². The summed E-state index contributed by atoms with van der Waals surface area (Å²) in [4.78, 5) is 21.8. The van der Waals surface area contributed by atoms with Crippen LogP contribution in [0.1, 0.15) is 10.4 Å². The van der Waals surface area contributed by atoms with E-state index in [9.17, 15) is 22.8 Å². The number of hydrogen-bond acceptors (Lipinski definition) is 3. The lowest BCUT2D eigenvalue weighted by atomic mass is 9.79. The third-order valence-electron chi connectivity index (χ3n) is 2.96. The molecule has 3 nitrogen and oxygen atoms in total. The highest BCUT2D eigenvalue weighted by atomic mass is 19.3. The Morgan fingerprint density at radius 2 is 1.95 bits per heavy atom. The van der Waals surface area contributed by atoms with Gasteiger partial charge in [0, 0.05) is 23.3 Å². The van der Waals surface area contributed by atoms with Crippen LogP contribution in [0.5, 0.6) is 5.75 Å². The second-order valence-corrected chi connectivity index (χ2v) is 4.39. The molecule has 1 fully saturated rings. The Balaban J connectivity index is 1.96. The highest BCUT2D eigenvalue weighted by Crippen LogP contribution is 2.44. The first kappa shape index (κ1) is 13.2. The molecule has 2 aliphatic carbocycles. The van der Waals surface area contributed by atoms with Crippen molar-refractivity contribution in [3.63, 3.8) is 0 Å². The molecule has 0 saturated heterocycles. The Labute approximate surface area is 116 Å². The van der Waals surface area contributed by atoms with Crippen LogP contribution in [0, 0.1) is 5.82 Å². The molecule has 0 aliphatic heterocycles. The minimum atomic E-state index is -3.53. The number of fused-ring (bicyclic) bond motifs is 1. The maximum absolute atomic E-state index is 13.2. The number of aldehydes is 1. The largest absolute Gasteiger partial charge is 0.448 e. The fraction of sp³-hybridized carbons (Fsp3) is 0.0667. The quantitative estimate of drug-likeness (QED) is 0.635. The summed E-state index contributed by atoms with van der Waals surface area (Å²) in [5, 5.41) is 0. The van der Waals surface area contributed by atoms with Crippen LogP contribution in [0.25, 0.3) is 0 Å². The SMILES string of the molecule is O=Cc1cc(F)cc(OC2=C=C=C3C(=C2)C(=O)C3(F)F)c1. The van der Waals surface area contributed by atoms with E-state index in [1.54, 1.807) is 0 Å². The molecule has 1 saturated carbocycles. The molecule has 0 spiro atoms. The second kappa shape index (κ2) is 4.35. The first-order valence-electron chi connectivity index (χ1n) is 5.76. The average molecular weight is 290 g/mol. The van der Waals surface area contributed by atoms with Crippen LogP contribution in [-0.2, 0) is 4.79 Å². The Morgan fingerprint density at radius 3 is 2.67 bits per heavy atom. The third-order valence-corrected chi connectivity index (χ3v) is 2.96. The number of allylic oxidation sites excluding steroid dienone is 3. The number of hydrogen-bond donors (Lipinski definition) is 0. The van der Waals surface area contributed by atoms with Crippen molar-refractivity contribution in [3.8, 4) is 5.75 Å². The lowest BCUT2D eigenvalue weighted by Crippen LogP contribution is -2.45. The standard InChI is InChI=1S/C15H5F3O3/c16-9-3-8(7-19)4-11(5-9)21-10-1-2-13-12(6-10)14(20)15(13,17)18/h3-7H. The molecule has 1 aromatic rings. The number of ether oxygens (including phenoxy) is 1. The number of carbonyl (C=O) groups excluding carboxylic acids is 2. The van der Waals surface area contributed by atoms with Gasteiger partial charge in [-0.3, -0.25) is 9.59 Å². The second-order valence-electron chi connectivity index (χ2n) is 4.39. The summed E-state index contributed by atoms with van der Waals surface area (Å²) in [7, 11) is 0. The molecular formula is C15H5F3O3. The molecule has 0 bridgehead atoms. The Hall–Kier alpha value is -2.81. The maximum atomic E-state index is 13.2. The summed E-state index contributed by atoms with van der Waals surface area (Å²) in [5.41, 5.74) is 3.79. The number of Topliss-reactive ketones (excluding diaryl/α,β-unsaturated/α-hetero) is 1. The van der Waals surface area contributed by atoms with Crippen molar-refractivity contribution >= 4 is 12.1 Å². The van der Waals surface area contributed by atoms with Gasteiger partial charge in [0.05, 0.1) is 5.57 Å². The minimum absolute atomic E-state index is 0.0137. The molecule has 0 radical (unpaired) electrons. The Morgan fingerprint density at radius 1 is 1.19 bits per heavy atom. The van der Waals surface area contributed by atoms with E-state index in [1.165, 1.54) is 6.07 Å². The van der Waals surface area contributed by atoms with Gasteiger partial charge in [-0.15, -0.1) is 0 Å². The normalized spacial score (nSPS) is 18.0. The minimum Gasteiger partial charge on any atom is -0.448 e. The van der Waals surface area contributed by atoms with Crippen molar-refractivity contribution in [2.45, 2.75) is 5.92 Å². The van der Waals surface area contributed by atoms with E-state index in [-0.39, 0.29) is 22.6 Å². The molecule has 2 aliphatic rings. The summed E-state index contributed by atoms with van der Waals surface area (Å²) < 4.78 is 44.6. The molecule has 0 atom stereocenters. The molecule has 0 aromatic heterocycles. The first-order chi connectivity index (χ1) is 9.91. The molecule has 0 unspecified atom stereocenters. The summed E-state index contributed by atoms with van der Waals surface area (Å²) in [5.74, 6) is -5.63. The molecule has 0 heterocycles. The van der Waals surface area contributed by atoms with E-state index in [4.69, 9.17) is 4.74 Å². The summed E-state index contributed by atoms with van der Waals surface area (Å²) in [6.07, 6.45) is 1.52. The zero-order chi connectivity index (χ0) is 15.2. The number of ketones is 1. The summed E-state index contributed by atoms with van der Waals surface area (Å²) in [6, 6.07) is 3.29. The van der Waals surface area contributed by atoms with Crippen molar-refractivity contribution in [1.82, 2.24) is 0 Å². The Kier molecular flexibility index (Phi) is 2.73. The van der Waals surface area contributed by atoms with E-state index in [0.717, 1.165) is 18.2 Å². The predicted molar refractivity (Wildman–Crippen MR) is 64.5 cm³/mol. The number of rotatable bonds is 3. The summed E-state index contributed by atoms with van der Waals surface area (Å²) >= 11 is 0. The molecule has 1 aromatic carbocycles. The lowest BCUT2D eigenvalue weighted by Gasteiger charge is -2.29. The van der Waals surface area contributed by atoms with Gasteiger partial charge >= 0.3 is 5.92 Å². The topological polar surface area (TPSA) is 43.4 Å². The van der Waals surface area contributed by atoms with Gasteiger partial charge in [-0.05, 0) is 17.9 Å². The van der Waals surface area contributed by atoms with Crippen molar-refractivity contribution in [1.29, 1.82) is 0 Å². The van der Waals surface area contributed by atoms with Crippen LogP contribution in [-0.4, -0.2) is 18.0 Å². The number of benzene rings is 1. The van der Waals surface area contributed by atoms with Gasteiger partial charge < -0.3 is 4.74 Å². The molecule has 104 valence electrons. The van der Waals surface area contributed by atoms with Crippen molar-refractivity contribution in [2.75, 3.05) is 0 Å². The van der Waals surface area contributed by atoms with Crippen molar-refractivity contribution < 1.29 is 27.5 Å². The van der Waals surface area contributed by atoms with E-state index >= 15 is 0 Å². The highest BCUT2D eigenvalue weighted by Gasteiger charge is 2.58. The van der Waals surface area contributed by atoms with Crippen molar-refractivity contribution in [2.24, 2.45) is 0 Å². The van der Waals surface area contributed by atoms with Crippen LogP contribution >= 0.6 is 0 Å². The van der Waals surface area contributed by atoms with Crippen LogP contribution < -0.4 is 4.74 Å². The Bertz CT molecular complexity index is 821. The third kappa shape index (κ3) is 2.03. The van der Waals surface area contributed by atoms with Crippen molar-refractivity contribution in [3.05, 3.63) is 64.0 Å². The van der Waals surface area contributed by atoms with Gasteiger partial charge in [0.1, 0.15) is 17.9 Å². The molecule has 6 heteroatoms. The zero-order valence-electron chi connectivity index (χ0n) is 10.2. The van der Waals surface area contributed by atoms with Gasteiger partial charge in [-0.25, -0.2) is 4.39 Å².